The van der Waals surface area contributed by atoms with Crippen LogP contribution in [0.4, 0.5) is 0 Å². The summed E-state index contributed by atoms with van der Waals surface area (Å²) in [5, 5.41) is 8.87. The van der Waals surface area contributed by atoms with E-state index in [2.05, 4.69) is 43.3 Å². The molecule has 4 atom stereocenters. The summed E-state index contributed by atoms with van der Waals surface area (Å²) in [6, 6.07) is -1.57. The first-order valence-corrected chi connectivity index (χ1v) is 12.7. The summed E-state index contributed by atoms with van der Waals surface area (Å²) >= 11 is 0. The lowest BCUT2D eigenvalue weighted by Crippen LogP contribution is -2.56. The van der Waals surface area contributed by atoms with Gasteiger partial charge in [-0.05, 0) is 43.6 Å². The number of carbonyl (C=O) groups is 3. The molecule has 0 bridgehead atoms. The number of amides is 3. The Morgan fingerprint density at radius 2 is 1.55 bits per heavy atom. The fourth-order valence-electron chi connectivity index (χ4n) is 3.83. The molecule has 0 aromatic rings. The summed E-state index contributed by atoms with van der Waals surface area (Å²) in [6.07, 6.45) is 5.23. The molecule has 0 radical (unpaired) electrons. The number of hydrogen-bond donors (Lipinski definition) is 3. The lowest BCUT2D eigenvalue weighted by molar-refractivity contribution is -0.133. The summed E-state index contributed by atoms with van der Waals surface area (Å²) < 4.78 is 5.54. The molecule has 1 heterocycles. The van der Waals surface area contributed by atoms with Crippen molar-refractivity contribution in [1.82, 2.24) is 16.0 Å². The van der Waals surface area contributed by atoms with E-state index in [1.165, 1.54) is 0 Å². The molecule has 1 aliphatic rings. The molecule has 1 rings (SSSR count). The van der Waals surface area contributed by atoms with E-state index >= 15 is 0 Å². The van der Waals surface area contributed by atoms with Crippen LogP contribution in [-0.2, 0) is 19.1 Å². The normalized spacial score (nSPS) is 20.2. The van der Waals surface area contributed by atoms with Gasteiger partial charge in [-0.1, -0.05) is 67.4 Å². The Bertz CT molecular complexity index is 670. The van der Waals surface area contributed by atoms with E-state index in [-0.39, 0.29) is 35.3 Å². The number of rotatable bonds is 16. The summed E-state index contributed by atoms with van der Waals surface area (Å²) in [7, 11) is 0. The van der Waals surface area contributed by atoms with E-state index < -0.39 is 12.1 Å². The van der Waals surface area contributed by atoms with Gasteiger partial charge in [-0.3, -0.25) is 14.4 Å². The number of ether oxygens (including phenoxy) is 1. The molecule has 0 saturated carbocycles. The molecule has 1 fully saturated rings. The Labute approximate surface area is 200 Å². The highest BCUT2D eigenvalue weighted by atomic mass is 16.6. The average molecular weight is 466 g/mol. The third kappa shape index (κ3) is 9.86. The van der Waals surface area contributed by atoms with Gasteiger partial charge in [0, 0.05) is 6.42 Å². The van der Waals surface area contributed by atoms with E-state index in [1.807, 2.05) is 27.7 Å². The molecule has 0 spiro atoms. The Hall–Kier alpha value is -1.89. The first-order valence-electron chi connectivity index (χ1n) is 12.7. The summed E-state index contributed by atoms with van der Waals surface area (Å²) in [5.74, 6) is -0.398. The zero-order valence-corrected chi connectivity index (χ0v) is 21.9. The predicted molar refractivity (Wildman–Crippen MR) is 133 cm³/mol. The zero-order valence-electron chi connectivity index (χ0n) is 21.9. The maximum absolute atomic E-state index is 13.2. The van der Waals surface area contributed by atoms with Gasteiger partial charge >= 0.3 is 0 Å². The van der Waals surface area contributed by atoms with Gasteiger partial charge in [0.25, 0.3) is 0 Å². The molecule has 3 N–H and O–H groups in total. The van der Waals surface area contributed by atoms with Crippen LogP contribution in [0.1, 0.15) is 93.4 Å². The number of unbranched alkanes of at least 4 members (excludes halogenated alkanes) is 2. The van der Waals surface area contributed by atoms with Crippen molar-refractivity contribution in [3.8, 4) is 0 Å². The highest BCUT2D eigenvalue weighted by Gasteiger charge is 2.45. The Morgan fingerprint density at radius 3 is 2.03 bits per heavy atom. The second-order valence-electron chi connectivity index (χ2n) is 10.3. The first kappa shape index (κ1) is 29.1. The minimum atomic E-state index is -0.675. The third-order valence-electron chi connectivity index (χ3n) is 6.18. The lowest BCUT2D eigenvalue weighted by atomic mass is 9.90. The smallest absolute Gasteiger partial charge is 0.243 e. The van der Waals surface area contributed by atoms with Gasteiger partial charge in [0.05, 0.1) is 12.6 Å². The monoisotopic (exact) mass is 465 g/mol. The minimum Gasteiger partial charge on any atom is -0.365 e. The van der Waals surface area contributed by atoms with Gasteiger partial charge in [-0.15, -0.1) is 0 Å². The van der Waals surface area contributed by atoms with Crippen LogP contribution in [0.5, 0.6) is 0 Å². The van der Waals surface area contributed by atoms with Crippen LogP contribution in [0.2, 0.25) is 0 Å². The number of carbonyl (C=O) groups excluding carboxylic acids is 3. The van der Waals surface area contributed by atoms with Crippen LogP contribution < -0.4 is 16.0 Å². The fourth-order valence-corrected chi connectivity index (χ4v) is 3.83. The van der Waals surface area contributed by atoms with Gasteiger partial charge in [0.1, 0.15) is 17.7 Å². The second kappa shape index (κ2) is 13.7. The summed E-state index contributed by atoms with van der Waals surface area (Å²) in [4.78, 5) is 38.6. The van der Waals surface area contributed by atoms with Crippen molar-refractivity contribution in [2.45, 2.75) is 117 Å². The van der Waals surface area contributed by atoms with E-state index in [0.29, 0.717) is 25.4 Å². The SMILES string of the molecule is C=C([C@H](CC(C)C)NC(=O)C(CCC)NC(=O)[C@@H](NC(=O)CCCCC)C(C)C)C1(C)CO1. The Morgan fingerprint density at radius 1 is 0.939 bits per heavy atom. The molecule has 0 aromatic carbocycles. The maximum atomic E-state index is 13.2. The molecular weight excluding hydrogens is 418 g/mol. The molecule has 7 heteroatoms. The molecular formula is C26H47N3O4. The quantitative estimate of drug-likeness (QED) is 0.183. The highest BCUT2D eigenvalue weighted by molar-refractivity contribution is 5.92. The van der Waals surface area contributed by atoms with E-state index in [1.54, 1.807) is 0 Å². The molecule has 0 aromatic heterocycles. The van der Waals surface area contributed by atoms with Gasteiger partial charge in [-0.2, -0.15) is 0 Å². The lowest BCUT2D eigenvalue weighted by Gasteiger charge is -2.29. The van der Waals surface area contributed by atoms with Gasteiger partial charge in [0.15, 0.2) is 0 Å². The summed E-state index contributed by atoms with van der Waals surface area (Å²) in [5.41, 5.74) is 0.478. The van der Waals surface area contributed by atoms with Crippen LogP contribution >= 0.6 is 0 Å². The number of hydrogen-bond acceptors (Lipinski definition) is 4. The largest absolute Gasteiger partial charge is 0.365 e. The Kier molecular flexibility index (Phi) is 12.1. The maximum Gasteiger partial charge on any atom is 0.243 e. The number of epoxide rings is 1. The molecule has 190 valence electrons. The van der Waals surface area contributed by atoms with E-state index in [4.69, 9.17) is 4.74 Å². The topological polar surface area (TPSA) is 99.8 Å². The van der Waals surface area contributed by atoms with Crippen molar-refractivity contribution in [2.24, 2.45) is 11.8 Å². The van der Waals surface area contributed by atoms with Crippen LogP contribution in [0.15, 0.2) is 12.2 Å². The van der Waals surface area contributed by atoms with Crippen molar-refractivity contribution in [1.29, 1.82) is 0 Å². The number of nitrogens with one attached hydrogen (secondary N) is 3. The van der Waals surface area contributed by atoms with Crippen LogP contribution in [0, 0.1) is 11.8 Å². The van der Waals surface area contributed by atoms with Crippen molar-refractivity contribution in [3.63, 3.8) is 0 Å². The van der Waals surface area contributed by atoms with Crippen LogP contribution in [0.3, 0.4) is 0 Å². The van der Waals surface area contributed by atoms with Crippen molar-refractivity contribution >= 4 is 17.7 Å². The Balaban J connectivity index is 2.84. The molecule has 7 nitrogen and oxygen atoms in total. The highest BCUT2D eigenvalue weighted by Crippen LogP contribution is 2.36. The van der Waals surface area contributed by atoms with E-state index in [9.17, 15) is 14.4 Å². The van der Waals surface area contributed by atoms with E-state index in [0.717, 1.165) is 37.7 Å². The third-order valence-corrected chi connectivity index (χ3v) is 6.18. The summed E-state index contributed by atoms with van der Waals surface area (Å²) in [6.45, 7) is 18.8. The standard InChI is InChI=1S/C26H47N3O4/c1-9-11-12-14-22(30)29-23(18(5)6)25(32)27-20(13-10-2)24(31)28-21(15-17(3)4)19(7)26(8)16-33-26/h17-18,20-21,23H,7,9-16H2,1-6,8H3,(H,27,32)(H,28,31)(H,29,30)/t20?,21-,23-,26?/m0/s1. The van der Waals surface area contributed by atoms with Crippen LogP contribution in [0.25, 0.3) is 0 Å². The molecule has 1 saturated heterocycles. The molecule has 2 unspecified atom stereocenters. The average Bonchev–Trinajstić information content (AvgIpc) is 3.48. The van der Waals surface area contributed by atoms with Gasteiger partial charge in [-0.25, -0.2) is 0 Å². The van der Waals surface area contributed by atoms with Crippen molar-refractivity contribution in [3.05, 3.63) is 12.2 Å². The van der Waals surface area contributed by atoms with Crippen molar-refractivity contribution in [2.75, 3.05) is 6.61 Å². The molecule has 1 aliphatic heterocycles. The second-order valence-corrected chi connectivity index (χ2v) is 10.3. The minimum absolute atomic E-state index is 0.0918. The fraction of sp³-hybridized carbons (Fsp3) is 0.808. The predicted octanol–water partition coefficient (Wildman–Crippen LogP) is 3.87. The van der Waals surface area contributed by atoms with Crippen molar-refractivity contribution < 1.29 is 19.1 Å². The van der Waals surface area contributed by atoms with Crippen LogP contribution in [-0.4, -0.2) is 48.1 Å². The van der Waals surface area contributed by atoms with Gasteiger partial charge in [0.2, 0.25) is 17.7 Å². The molecule has 3 amide bonds. The van der Waals surface area contributed by atoms with Gasteiger partial charge < -0.3 is 20.7 Å². The molecule has 0 aliphatic carbocycles. The zero-order chi connectivity index (χ0) is 25.2. The first-order chi connectivity index (χ1) is 15.4. The molecule has 33 heavy (non-hydrogen) atoms.